The third-order valence-electron chi connectivity index (χ3n) is 4.26. The van der Waals surface area contributed by atoms with E-state index >= 15 is 0 Å². The molecule has 0 bridgehead atoms. The highest BCUT2D eigenvalue weighted by molar-refractivity contribution is 6.00. The number of nitrogens with zero attached hydrogens (tertiary/aromatic N) is 2. The summed E-state index contributed by atoms with van der Waals surface area (Å²) in [7, 11) is 0. The van der Waals surface area contributed by atoms with Gasteiger partial charge in [0.05, 0.1) is 5.69 Å². The number of anilines is 1. The van der Waals surface area contributed by atoms with Crippen molar-refractivity contribution in [3.05, 3.63) is 60.2 Å². The Balaban J connectivity index is 1.55. The lowest BCUT2D eigenvalue weighted by Gasteiger charge is -2.09. The largest absolute Gasteiger partial charge is 0.489 e. The van der Waals surface area contributed by atoms with Crippen molar-refractivity contribution in [2.24, 2.45) is 11.0 Å². The lowest BCUT2D eigenvalue weighted by Crippen LogP contribution is -2.10. The molecule has 1 aliphatic rings. The molecule has 3 rings (SSSR count). The van der Waals surface area contributed by atoms with Crippen molar-refractivity contribution in [2.45, 2.75) is 32.3 Å². The van der Waals surface area contributed by atoms with Crippen LogP contribution in [0.5, 0.6) is 5.75 Å². The molecular weight excluding hydrogens is 298 g/mol. The Morgan fingerprint density at radius 2 is 1.79 bits per heavy atom. The van der Waals surface area contributed by atoms with Crippen LogP contribution in [-0.2, 0) is 6.61 Å². The van der Waals surface area contributed by atoms with Crippen LogP contribution >= 0.6 is 0 Å². The van der Waals surface area contributed by atoms with E-state index in [0.29, 0.717) is 18.2 Å². The van der Waals surface area contributed by atoms with Gasteiger partial charge in [0.15, 0.2) is 0 Å². The zero-order valence-corrected chi connectivity index (χ0v) is 13.6. The second-order valence-electron chi connectivity index (χ2n) is 6.00. The third kappa shape index (κ3) is 4.36. The molecule has 1 fully saturated rings. The standard InChI is InChI=1S/C20H21N3O/c21-14-20(17-8-4-5-9-17)23-22-18-10-12-19(13-11-18)24-15-16-6-2-1-3-7-16/h1-3,6-7,10-13,17,22H,4-5,8-9,15H2/b23-20+. The highest BCUT2D eigenvalue weighted by atomic mass is 16.5. The van der Waals surface area contributed by atoms with E-state index in [1.165, 1.54) is 12.8 Å². The first-order valence-electron chi connectivity index (χ1n) is 8.35. The SMILES string of the molecule is N#C/C(=N\Nc1ccc(OCc2ccccc2)cc1)C1CCCC1. The Hall–Kier alpha value is -2.80. The number of hydrazone groups is 1. The molecule has 0 aromatic heterocycles. The van der Waals surface area contributed by atoms with Gasteiger partial charge in [-0.15, -0.1) is 0 Å². The van der Waals surface area contributed by atoms with E-state index in [1.807, 2.05) is 54.6 Å². The fourth-order valence-electron chi connectivity index (χ4n) is 2.90. The average Bonchev–Trinajstić information content (AvgIpc) is 3.17. The minimum absolute atomic E-state index is 0.316. The number of hydrogen-bond donors (Lipinski definition) is 1. The topological polar surface area (TPSA) is 57.4 Å². The highest BCUT2D eigenvalue weighted by Crippen LogP contribution is 2.26. The van der Waals surface area contributed by atoms with E-state index in [1.54, 1.807) is 0 Å². The number of rotatable bonds is 6. The fourth-order valence-corrected chi connectivity index (χ4v) is 2.90. The van der Waals surface area contributed by atoms with Crippen LogP contribution in [0.4, 0.5) is 5.69 Å². The maximum absolute atomic E-state index is 9.25. The Morgan fingerprint density at radius 3 is 2.46 bits per heavy atom. The predicted molar refractivity (Wildman–Crippen MR) is 95.8 cm³/mol. The van der Waals surface area contributed by atoms with Gasteiger partial charge in [-0.2, -0.15) is 10.4 Å². The van der Waals surface area contributed by atoms with Gasteiger partial charge in [0.2, 0.25) is 0 Å². The molecule has 0 atom stereocenters. The number of nitrogens with one attached hydrogen (secondary N) is 1. The summed E-state index contributed by atoms with van der Waals surface area (Å²) in [5, 5.41) is 13.5. The smallest absolute Gasteiger partial charge is 0.141 e. The van der Waals surface area contributed by atoms with Crippen LogP contribution in [0.25, 0.3) is 0 Å². The predicted octanol–water partition coefficient (Wildman–Crippen LogP) is 4.75. The van der Waals surface area contributed by atoms with Crippen LogP contribution in [0.2, 0.25) is 0 Å². The summed E-state index contributed by atoms with van der Waals surface area (Å²) in [4.78, 5) is 0. The van der Waals surface area contributed by atoms with Crippen LogP contribution in [0, 0.1) is 17.2 Å². The molecule has 1 saturated carbocycles. The van der Waals surface area contributed by atoms with Crippen molar-refractivity contribution in [3.8, 4) is 11.8 Å². The van der Waals surface area contributed by atoms with Gasteiger partial charge < -0.3 is 4.74 Å². The second kappa shape index (κ2) is 8.16. The molecule has 0 spiro atoms. The zero-order valence-electron chi connectivity index (χ0n) is 13.6. The molecule has 0 amide bonds. The second-order valence-corrected chi connectivity index (χ2v) is 6.00. The third-order valence-corrected chi connectivity index (χ3v) is 4.26. The van der Waals surface area contributed by atoms with Gasteiger partial charge in [-0.3, -0.25) is 5.43 Å². The number of nitriles is 1. The van der Waals surface area contributed by atoms with Crippen molar-refractivity contribution in [1.82, 2.24) is 0 Å². The van der Waals surface area contributed by atoms with Gasteiger partial charge in [-0.1, -0.05) is 43.2 Å². The molecule has 122 valence electrons. The van der Waals surface area contributed by atoms with Crippen LogP contribution in [0.3, 0.4) is 0 Å². The van der Waals surface area contributed by atoms with Crippen LogP contribution in [0.15, 0.2) is 59.7 Å². The van der Waals surface area contributed by atoms with Gasteiger partial charge in [-0.25, -0.2) is 0 Å². The summed E-state index contributed by atoms with van der Waals surface area (Å²) in [6.45, 7) is 0.548. The summed E-state index contributed by atoms with van der Waals surface area (Å²) in [5.41, 5.74) is 5.58. The molecule has 1 aliphatic carbocycles. The lowest BCUT2D eigenvalue weighted by molar-refractivity contribution is 0.306. The van der Waals surface area contributed by atoms with Crippen molar-refractivity contribution in [2.75, 3.05) is 5.43 Å². The lowest BCUT2D eigenvalue weighted by atomic mass is 10.0. The maximum atomic E-state index is 9.25. The van der Waals surface area contributed by atoms with Gasteiger partial charge >= 0.3 is 0 Å². The van der Waals surface area contributed by atoms with Gasteiger partial charge in [0, 0.05) is 5.92 Å². The van der Waals surface area contributed by atoms with E-state index in [2.05, 4.69) is 16.6 Å². The molecule has 2 aromatic carbocycles. The molecule has 0 unspecified atom stereocenters. The summed E-state index contributed by atoms with van der Waals surface area (Å²) in [5.74, 6) is 1.13. The molecule has 24 heavy (non-hydrogen) atoms. The molecule has 2 aromatic rings. The van der Waals surface area contributed by atoms with E-state index in [9.17, 15) is 5.26 Å². The molecular formula is C20H21N3O. The Labute approximate surface area is 142 Å². The number of hydrogen-bond acceptors (Lipinski definition) is 4. The van der Waals surface area contributed by atoms with Crippen molar-refractivity contribution in [1.29, 1.82) is 5.26 Å². The summed E-state index contributed by atoms with van der Waals surface area (Å²) in [6.07, 6.45) is 4.53. The Bertz CT molecular complexity index is 711. The first kappa shape index (κ1) is 16.1. The molecule has 4 nitrogen and oxygen atoms in total. The van der Waals surface area contributed by atoms with Gasteiger partial charge in [-0.05, 0) is 42.7 Å². The van der Waals surface area contributed by atoms with Crippen molar-refractivity contribution >= 4 is 11.4 Å². The van der Waals surface area contributed by atoms with Crippen LogP contribution in [-0.4, -0.2) is 5.71 Å². The van der Waals surface area contributed by atoms with Crippen LogP contribution in [0.1, 0.15) is 31.2 Å². The Morgan fingerprint density at radius 1 is 1.08 bits per heavy atom. The monoisotopic (exact) mass is 319 g/mol. The summed E-state index contributed by atoms with van der Waals surface area (Å²) < 4.78 is 5.76. The first-order valence-corrected chi connectivity index (χ1v) is 8.35. The van der Waals surface area contributed by atoms with E-state index in [0.717, 1.165) is 29.8 Å². The quantitative estimate of drug-likeness (QED) is 0.617. The minimum atomic E-state index is 0.316. The molecule has 1 N–H and O–H groups in total. The minimum Gasteiger partial charge on any atom is -0.489 e. The van der Waals surface area contributed by atoms with Crippen molar-refractivity contribution in [3.63, 3.8) is 0 Å². The summed E-state index contributed by atoms with van der Waals surface area (Å²) >= 11 is 0. The first-order chi connectivity index (χ1) is 11.8. The molecule has 0 saturated heterocycles. The van der Waals surface area contributed by atoms with Gasteiger partial charge in [0.1, 0.15) is 24.1 Å². The number of ether oxygens (including phenoxy) is 1. The Kier molecular flexibility index (Phi) is 5.47. The summed E-state index contributed by atoms with van der Waals surface area (Å²) in [6, 6.07) is 19.9. The van der Waals surface area contributed by atoms with Gasteiger partial charge in [0.25, 0.3) is 0 Å². The number of benzene rings is 2. The van der Waals surface area contributed by atoms with E-state index in [-0.39, 0.29) is 0 Å². The molecule has 0 radical (unpaired) electrons. The van der Waals surface area contributed by atoms with E-state index < -0.39 is 0 Å². The van der Waals surface area contributed by atoms with E-state index in [4.69, 9.17) is 4.74 Å². The molecule has 0 heterocycles. The fraction of sp³-hybridized carbons (Fsp3) is 0.300. The normalized spacial score (nSPS) is 15.0. The van der Waals surface area contributed by atoms with Crippen LogP contribution < -0.4 is 10.2 Å². The highest BCUT2D eigenvalue weighted by Gasteiger charge is 2.20. The van der Waals surface area contributed by atoms with Crippen molar-refractivity contribution < 1.29 is 4.74 Å². The average molecular weight is 319 g/mol. The maximum Gasteiger partial charge on any atom is 0.141 e. The molecule has 4 heteroatoms. The molecule has 0 aliphatic heterocycles. The zero-order chi connectivity index (χ0) is 16.6.